The van der Waals surface area contributed by atoms with E-state index in [1.165, 1.54) is 25.3 Å². The fourth-order valence-electron chi connectivity index (χ4n) is 4.85. The molecule has 5 amide bonds. The van der Waals surface area contributed by atoms with E-state index in [9.17, 15) is 53.7 Å². The van der Waals surface area contributed by atoms with Gasteiger partial charge in [-0.15, -0.1) is 0 Å². The monoisotopic (exact) mass is 797 g/mol. The largest absolute Gasteiger partial charge is 0.481 e. The van der Waals surface area contributed by atoms with Crippen molar-refractivity contribution in [3.63, 3.8) is 0 Å². The van der Waals surface area contributed by atoms with Crippen LogP contribution in [0, 0.1) is 0 Å². The Morgan fingerprint density at radius 3 is 2.34 bits per heavy atom. The molecular formula is C34H48N6O16. The molecule has 11 N–H and O–H groups in total. The number of ether oxygens (including phenoxy) is 4. The van der Waals surface area contributed by atoms with Crippen LogP contribution in [-0.4, -0.2) is 132 Å². The van der Waals surface area contributed by atoms with Crippen molar-refractivity contribution in [1.82, 2.24) is 21.3 Å². The molecule has 310 valence electrons. The van der Waals surface area contributed by atoms with Gasteiger partial charge in [0.1, 0.15) is 30.5 Å². The number of unbranched alkanes of at least 4 members (excludes halogenated alkanes) is 1. The quantitative estimate of drug-likeness (QED) is 0.0357. The Balaban J connectivity index is 2.13. The predicted molar refractivity (Wildman–Crippen MR) is 190 cm³/mol. The van der Waals surface area contributed by atoms with E-state index in [1.807, 2.05) is 0 Å². The zero-order valence-electron chi connectivity index (χ0n) is 31.4. The van der Waals surface area contributed by atoms with E-state index in [0.29, 0.717) is 12.8 Å². The van der Waals surface area contributed by atoms with Gasteiger partial charge in [-0.05, 0) is 43.0 Å². The van der Waals surface area contributed by atoms with Crippen LogP contribution in [0.5, 0.6) is 5.75 Å². The molecule has 1 unspecified atom stereocenters. The molecule has 0 radical (unpaired) electrons. The fraction of sp³-hybridized carbons (Fsp3) is 0.529. The second-order valence-electron chi connectivity index (χ2n) is 12.1. The van der Waals surface area contributed by atoms with Crippen molar-refractivity contribution >= 4 is 53.6 Å². The smallest absolute Gasteiger partial charge is 0.371 e. The zero-order valence-corrected chi connectivity index (χ0v) is 30.4. The van der Waals surface area contributed by atoms with Crippen LogP contribution in [0.15, 0.2) is 30.0 Å². The van der Waals surface area contributed by atoms with Crippen molar-refractivity contribution in [1.29, 1.82) is 0 Å². The number of hydrogen-bond acceptors (Lipinski definition) is 15. The number of nitrogens with two attached hydrogens (primary N) is 1. The number of anilines is 1. The minimum atomic E-state index is -1.75. The number of hydrogen-bond donors (Lipinski definition) is 10. The molecule has 2 rings (SSSR count). The molecule has 0 spiro atoms. The molecule has 0 saturated carbocycles. The number of benzene rings is 1. The molecule has 0 fully saturated rings. The highest BCUT2D eigenvalue weighted by atomic mass is 16.7. The molecule has 0 aliphatic carbocycles. The van der Waals surface area contributed by atoms with Crippen molar-refractivity contribution in [2.24, 2.45) is 5.73 Å². The van der Waals surface area contributed by atoms with Crippen LogP contribution in [0.4, 0.5) is 5.69 Å². The molecule has 56 heavy (non-hydrogen) atoms. The van der Waals surface area contributed by atoms with Gasteiger partial charge >= 0.3 is 11.9 Å². The maximum absolute atomic E-state index is 13.3. The highest BCUT2D eigenvalue weighted by Crippen LogP contribution is 2.30. The van der Waals surface area contributed by atoms with Crippen molar-refractivity contribution in [3.05, 3.63) is 35.6 Å². The number of amides is 5. The first-order valence-corrected chi connectivity index (χ1v) is 17.3. The normalized spacial score (nSPS) is 17.3. The third-order valence-corrected chi connectivity index (χ3v) is 7.78. The summed E-state index contributed by atoms with van der Waals surface area (Å²) in [6.07, 6.45) is -6.08. The fourth-order valence-corrected chi connectivity index (χ4v) is 4.85. The van der Waals surface area contributed by atoms with Gasteiger partial charge in [0, 0.05) is 46.0 Å². The van der Waals surface area contributed by atoms with Gasteiger partial charge in [-0.3, -0.25) is 33.6 Å². The summed E-state index contributed by atoms with van der Waals surface area (Å²) in [6.45, 7) is -0.558. The molecule has 0 bridgehead atoms. The van der Waals surface area contributed by atoms with E-state index < -0.39 is 91.2 Å². The van der Waals surface area contributed by atoms with Crippen molar-refractivity contribution in [3.8, 4) is 5.75 Å². The van der Waals surface area contributed by atoms with Crippen LogP contribution in [0.3, 0.4) is 0 Å². The number of carbonyl (C=O) groups excluding carboxylic acids is 6. The Labute approximate surface area is 321 Å². The van der Waals surface area contributed by atoms with Crippen LogP contribution in [0.2, 0.25) is 0 Å². The Bertz CT molecular complexity index is 1630. The van der Waals surface area contributed by atoms with Gasteiger partial charge in [-0.1, -0.05) is 6.07 Å². The summed E-state index contributed by atoms with van der Waals surface area (Å²) in [5.41, 5.74) is 5.83. The van der Waals surface area contributed by atoms with Gasteiger partial charge in [0.05, 0.1) is 18.7 Å². The van der Waals surface area contributed by atoms with Gasteiger partial charge in [0.15, 0.2) is 7.47 Å². The summed E-state index contributed by atoms with van der Waals surface area (Å²) < 4.78 is 27.2. The number of carboxylic acids is 2. The number of carboxylic acid groups (broad SMARTS) is 2. The average molecular weight is 798 g/mol. The maximum Gasteiger partial charge on any atom is 0.371 e. The molecule has 22 nitrogen and oxygen atoms in total. The zero-order chi connectivity index (χ0) is 42.5. The van der Waals surface area contributed by atoms with Crippen LogP contribution < -0.4 is 37.1 Å². The summed E-state index contributed by atoms with van der Waals surface area (Å²) in [6, 6.07) is 1.41. The number of methoxy groups -OCH3 is 1. The van der Waals surface area contributed by atoms with Gasteiger partial charge < -0.3 is 71.7 Å². The highest BCUT2D eigenvalue weighted by Gasteiger charge is 2.37. The SMILES string of the molecule is [2H]C(=O)OCc1ccc(O[C@@H]2OC(C(=O)O)=C[C@H](O)[C@H]2O)c(NC(=O)CCNC(=O)[C@H](CCCCNC(=O)CCOC)NC(=O)C(CN)NC(=O)CCC(=O)O)c1. The molecule has 1 aliphatic rings. The van der Waals surface area contributed by atoms with E-state index in [1.54, 1.807) is 0 Å². The van der Waals surface area contributed by atoms with Crippen molar-refractivity contribution in [2.45, 2.75) is 82.1 Å². The highest BCUT2D eigenvalue weighted by molar-refractivity contribution is 5.94. The van der Waals surface area contributed by atoms with E-state index in [0.717, 1.165) is 6.08 Å². The number of nitrogens with one attached hydrogen (secondary N) is 5. The average Bonchev–Trinajstić information content (AvgIpc) is 3.15. The summed E-state index contributed by atoms with van der Waals surface area (Å²) in [5, 5.41) is 51.1. The Hall–Kier alpha value is -5.84. The lowest BCUT2D eigenvalue weighted by atomic mass is 10.1. The van der Waals surface area contributed by atoms with Crippen LogP contribution in [0.25, 0.3) is 0 Å². The number of rotatable bonds is 25. The molecule has 22 heteroatoms. The maximum atomic E-state index is 13.3. The van der Waals surface area contributed by atoms with Crippen LogP contribution in [-0.2, 0) is 59.2 Å². The first-order valence-electron chi connectivity index (χ1n) is 17.8. The molecular weight excluding hydrogens is 748 g/mol. The minimum Gasteiger partial charge on any atom is -0.481 e. The standard InChI is InChI=1S/C34H48N6O16/c1-53-13-10-26(43)36-11-3-2-4-20(40-32(50)22(16-35)39-27(44)7-8-29(46)47)31(49)37-12-9-28(45)38-21-14-19(17-54-18-41)5-6-24(21)55-34-30(48)23(42)15-25(56-34)33(51)52/h5-6,14-15,18,20,22-23,30,34,42,48H,2-4,7-13,16-17,35H2,1H3,(H,36,43)(H,37,49)(H,38,45)(H,39,44)(H,40,50)(H,46,47)(H,51,52)/t20-,22?,23-,30+,34+/m0/s1/i18D. The number of aliphatic hydroxyl groups excluding tert-OH is 2. The molecule has 1 aliphatic heterocycles. The molecule has 0 saturated heterocycles. The van der Waals surface area contributed by atoms with E-state index >= 15 is 0 Å². The van der Waals surface area contributed by atoms with Crippen molar-refractivity contribution in [2.75, 3.05) is 38.7 Å². The second kappa shape index (κ2) is 24.5. The third-order valence-electron chi connectivity index (χ3n) is 7.78. The summed E-state index contributed by atoms with van der Waals surface area (Å²) in [4.78, 5) is 96.7. The van der Waals surface area contributed by atoms with Gasteiger partial charge in [0.25, 0.3) is 12.7 Å². The van der Waals surface area contributed by atoms with Gasteiger partial charge in [0.2, 0.25) is 35.3 Å². The lowest BCUT2D eigenvalue weighted by molar-refractivity contribution is -0.172. The molecule has 0 aromatic heterocycles. The number of aliphatic carboxylic acids is 2. The molecule has 5 atom stereocenters. The van der Waals surface area contributed by atoms with Crippen molar-refractivity contribution < 1.29 is 79.1 Å². The molecule has 1 aromatic carbocycles. The number of carbonyl (C=O) groups is 8. The first-order chi connectivity index (χ1) is 27.0. The third kappa shape index (κ3) is 16.7. The number of aliphatic hydroxyl groups is 2. The van der Waals surface area contributed by atoms with Gasteiger partial charge in [-0.2, -0.15) is 0 Å². The predicted octanol–water partition coefficient (Wildman–Crippen LogP) is -2.65. The Morgan fingerprint density at radius 2 is 1.68 bits per heavy atom. The summed E-state index contributed by atoms with van der Waals surface area (Å²) >= 11 is 0. The lowest BCUT2D eigenvalue weighted by Gasteiger charge is -2.31. The van der Waals surface area contributed by atoms with Crippen LogP contribution >= 0.6 is 0 Å². The summed E-state index contributed by atoms with van der Waals surface area (Å²) in [5.74, 6) is -6.94. The molecule has 1 aromatic rings. The van der Waals surface area contributed by atoms with E-state index in [2.05, 4.69) is 31.3 Å². The van der Waals surface area contributed by atoms with Crippen LogP contribution in [0.1, 0.15) is 51.9 Å². The summed E-state index contributed by atoms with van der Waals surface area (Å²) in [7, 11) is 1.46. The van der Waals surface area contributed by atoms with Gasteiger partial charge in [-0.25, -0.2) is 4.79 Å². The second-order valence-corrected chi connectivity index (χ2v) is 12.1. The Morgan fingerprint density at radius 1 is 0.929 bits per heavy atom. The first kappa shape index (κ1) is 44.6. The topological polar surface area (TPSA) is 341 Å². The van der Waals surface area contributed by atoms with E-state index in [4.69, 9.17) is 26.4 Å². The molecule has 1 heterocycles. The van der Waals surface area contributed by atoms with E-state index in [-0.39, 0.29) is 75.0 Å². The minimum absolute atomic E-state index is 0.0565. The lowest BCUT2D eigenvalue weighted by Crippen LogP contribution is -2.56. The Kier molecular flexibility index (Phi) is 19.5.